The minimum atomic E-state index is -3.45. The van der Waals surface area contributed by atoms with Crippen LogP contribution in [0, 0.1) is 19.8 Å². The molecule has 2 aliphatic heterocycles. The highest BCUT2D eigenvalue weighted by Crippen LogP contribution is 2.43. The van der Waals surface area contributed by atoms with Crippen LogP contribution in [-0.4, -0.2) is 49.6 Å². The molecular formula is C20H26N2O4S2. The molecule has 4 rings (SSSR count). The third-order valence-electron chi connectivity index (χ3n) is 5.67. The zero-order chi connectivity index (χ0) is 19.8. The summed E-state index contributed by atoms with van der Waals surface area (Å²) in [5.41, 5.74) is 1.67. The molecule has 1 aromatic heterocycles. The van der Waals surface area contributed by atoms with Gasteiger partial charge >= 0.3 is 0 Å². The average molecular weight is 423 g/mol. The maximum atomic E-state index is 12.8. The van der Waals surface area contributed by atoms with Crippen LogP contribution in [0.15, 0.2) is 34.5 Å². The van der Waals surface area contributed by atoms with Gasteiger partial charge in [-0.2, -0.15) is 4.31 Å². The summed E-state index contributed by atoms with van der Waals surface area (Å²) in [6, 6.07) is 7.02. The first-order chi connectivity index (χ1) is 13.4. The Hall–Kier alpha value is -1.32. The van der Waals surface area contributed by atoms with E-state index in [0.29, 0.717) is 43.7 Å². The van der Waals surface area contributed by atoms with Crippen molar-refractivity contribution in [2.24, 2.45) is 5.92 Å². The summed E-state index contributed by atoms with van der Waals surface area (Å²) in [5, 5.41) is 3.07. The van der Waals surface area contributed by atoms with E-state index in [-0.39, 0.29) is 5.60 Å². The van der Waals surface area contributed by atoms with Gasteiger partial charge in [0.1, 0.15) is 0 Å². The second kappa shape index (κ2) is 7.84. The summed E-state index contributed by atoms with van der Waals surface area (Å²) in [4.78, 5) is 4.75. The zero-order valence-electron chi connectivity index (χ0n) is 16.3. The molecule has 0 saturated carbocycles. The number of rotatable bonds is 7. The Morgan fingerprint density at radius 2 is 2.04 bits per heavy atom. The van der Waals surface area contributed by atoms with Gasteiger partial charge in [-0.05, 0) is 44.7 Å². The normalized spacial score (nSPS) is 21.9. The number of hydrogen-bond donors (Lipinski definition) is 0. The van der Waals surface area contributed by atoms with Crippen LogP contribution < -0.4 is 0 Å². The summed E-state index contributed by atoms with van der Waals surface area (Å²) in [6.45, 7) is 6.65. The molecule has 6 nitrogen and oxygen atoms in total. The fraction of sp³-hybridized carbons (Fsp3) is 0.550. The summed E-state index contributed by atoms with van der Waals surface area (Å²) >= 11 is 1.63. The van der Waals surface area contributed by atoms with E-state index in [2.05, 4.69) is 4.98 Å². The lowest BCUT2D eigenvalue weighted by atomic mass is 9.80. The van der Waals surface area contributed by atoms with Gasteiger partial charge < -0.3 is 9.47 Å². The second-order valence-electron chi connectivity index (χ2n) is 7.68. The van der Waals surface area contributed by atoms with Crippen LogP contribution in [0.1, 0.15) is 29.1 Å². The summed E-state index contributed by atoms with van der Waals surface area (Å²) < 4.78 is 39.0. The van der Waals surface area contributed by atoms with Gasteiger partial charge in [0.15, 0.2) is 0 Å². The first-order valence-electron chi connectivity index (χ1n) is 9.59. The number of hydrogen-bond acceptors (Lipinski definition) is 6. The molecule has 1 spiro atoms. The predicted octanol–water partition coefficient (Wildman–Crippen LogP) is 3.15. The van der Waals surface area contributed by atoms with Gasteiger partial charge in [0.05, 0.1) is 27.8 Å². The van der Waals surface area contributed by atoms with E-state index in [1.807, 2.05) is 31.4 Å². The topological polar surface area (TPSA) is 68.7 Å². The summed E-state index contributed by atoms with van der Waals surface area (Å²) in [6.07, 6.45) is 1.83. The van der Waals surface area contributed by atoms with E-state index in [4.69, 9.17) is 9.47 Å². The smallest absolute Gasteiger partial charge is 0.243 e. The molecule has 0 unspecified atom stereocenters. The highest BCUT2D eigenvalue weighted by Gasteiger charge is 2.56. The van der Waals surface area contributed by atoms with Gasteiger partial charge in [0.25, 0.3) is 0 Å². The Morgan fingerprint density at radius 3 is 2.71 bits per heavy atom. The molecule has 0 N–H and O–H groups in total. The van der Waals surface area contributed by atoms with E-state index in [1.165, 1.54) is 4.31 Å². The fourth-order valence-electron chi connectivity index (χ4n) is 4.00. The Kier molecular flexibility index (Phi) is 5.59. The monoisotopic (exact) mass is 422 g/mol. The summed E-state index contributed by atoms with van der Waals surface area (Å²) in [5.74, 6) is 0.328. The minimum absolute atomic E-state index is 0.328. The van der Waals surface area contributed by atoms with E-state index in [0.717, 1.165) is 29.1 Å². The van der Waals surface area contributed by atoms with Gasteiger partial charge in [-0.15, -0.1) is 11.3 Å². The molecule has 3 heterocycles. The maximum absolute atomic E-state index is 12.8. The van der Waals surface area contributed by atoms with E-state index in [9.17, 15) is 8.42 Å². The van der Waals surface area contributed by atoms with E-state index >= 15 is 0 Å². The first-order valence-corrected chi connectivity index (χ1v) is 11.9. The SMILES string of the molecule is Cc1ccc(S(=O)(=O)N2CC3(C2)OCC[C@H]3CCOCc2csc(C)n2)cc1. The van der Waals surface area contributed by atoms with Crippen LogP contribution >= 0.6 is 11.3 Å². The molecule has 0 bridgehead atoms. The molecule has 8 heteroatoms. The zero-order valence-corrected chi connectivity index (χ0v) is 17.9. The largest absolute Gasteiger partial charge is 0.375 e. The number of nitrogens with zero attached hydrogens (tertiary/aromatic N) is 2. The van der Waals surface area contributed by atoms with Gasteiger partial charge in [0.2, 0.25) is 10.0 Å². The predicted molar refractivity (Wildman–Crippen MR) is 108 cm³/mol. The lowest BCUT2D eigenvalue weighted by molar-refractivity contribution is -0.106. The minimum Gasteiger partial charge on any atom is -0.375 e. The number of ether oxygens (including phenoxy) is 2. The first kappa shape index (κ1) is 20.0. The Balaban J connectivity index is 1.31. The molecule has 2 saturated heterocycles. The third-order valence-corrected chi connectivity index (χ3v) is 8.30. The lowest BCUT2D eigenvalue weighted by Crippen LogP contribution is -2.65. The standard InChI is InChI=1S/C20H26N2O4S2/c1-15-3-5-19(6-4-15)28(23,24)22-13-20(14-22)17(8-10-26-20)7-9-25-11-18-12-27-16(2)21-18/h3-6,12,17H,7-11,13-14H2,1-2H3/t17-/m1/s1. The Labute approximate surface area is 170 Å². The van der Waals surface area contributed by atoms with Crippen molar-refractivity contribution < 1.29 is 17.9 Å². The molecule has 1 aromatic carbocycles. The van der Waals surface area contributed by atoms with Crippen LogP contribution in [0.5, 0.6) is 0 Å². The molecular weight excluding hydrogens is 396 g/mol. The maximum Gasteiger partial charge on any atom is 0.243 e. The van der Waals surface area contributed by atoms with Crippen molar-refractivity contribution in [3.8, 4) is 0 Å². The van der Waals surface area contributed by atoms with Crippen molar-refractivity contribution in [3.05, 3.63) is 45.9 Å². The molecule has 1 atom stereocenters. The summed E-state index contributed by atoms with van der Waals surface area (Å²) in [7, 11) is -3.45. The molecule has 0 radical (unpaired) electrons. The van der Waals surface area contributed by atoms with E-state index < -0.39 is 10.0 Å². The number of thiazole rings is 1. The molecule has 28 heavy (non-hydrogen) atoms. The van der Waals surface area contributed by atoms with Crippen molar-refractivity contribution in [2.75, 3.05) is 26.3 Å². The highest BCUT2D eigenvalue weighted by molar-refractivity contribution is 7.89. The van der Waals surface area contributed by atoms with Gasteiger partial charge in [-0.3, -0.25) is 0 Å². The number of aromatic nitrogens is 1. The van der Waals surface area contributed by atoms with Crippen molar-refractivity contribution in [3.63, 3.8) is 0 Å². The number of aryl methyl sites for hydroxylation is 2. The van der Waals surface area contributed by atoms with Crippen LogP contribution in [0.3, 0.4) is 0 Å². The van der Waals surface area contributed by atoms with Crippen molar-refractivity contribution in [2.45, 2.75) is 43.8 Å². The second-order valence-corrected chi connectivity index (χ2v) is 10.7. The molecule has 0 aliphatic carbocycles. The molecule has 2 aromatic rings. The van der Waals surface area contributed by atoms with Crippen molar-refractivity contribution >= 4 is 21.4 Å². The van der Waals surface area contributed by atoms with Crippen molar-refractivity contribution in [1.82, 2.24) is 9.29 Å². The van der Waals surface area contributed by atoms with Gasteiger partial charge in [0, 0.05) is 31.7 Å². The van der Waals surface area contributed by atoms with Crippen LogP contribution in [0.25, 0.3) is 0 Å². The third kappa shape index (κ3) is 3.89. The van der Waals surface area contributed by atoms with Crippen LogP contribution in [-0.2, 0) is 26.1 Å². The van der Waals surface area contributed by atoms with Gasteiger partial charge in [-0.25, -0.2) is 13.4 Å². The lowest BCUT2D eigenvalue weighted by Gasteiger charge is -2.49. The molecule has 2 fully saturated rings. The Morgan fingerprint density at radius 1 is 1.29 bits per heavy atom. The molecule has 2 aliphatic rings. The van der Waals surface area contributed by atoms with Gasteiger partial charge in [-0.1, -0.05) is 17.7 Å². The fourth-order valence-corrected chi connectivity index (χ4v) is 6.15. The molecule has 0 amide bonds. The molecule has 152 valence electrons. The Bertz CT molecular complexity index is 918. The quantitative estimate of drug-likeness (QED) is 0.641. The average Bonchev–Trinajstić information content (AvgIpc) is 3.24. The van der Waals surface area contributed by atoms with Crippen LogP contribution in [0.2, 0.25) is 0 Å². The van der Waals surface area contributed by atoms with Crippen LogP contribution in [0.4, 0.5) is 0 Å². The van der Waals surface area contributed by atoms with E-state index in [1.54, 1.807) is 23.5 Å². The highest BCUT2D eigenvalue weighted by atomic mass is 32.2. The number of sulfonamides is 1. The number of benzene rings is 1. The van der Waals surface area contributed by atoms with Crippen molar-refractivity contribution in [1.29, 1.82) is 0 Å².